The van der Waals surface area contributed by atoms with Crippen molar-refractivity contribution in [3.05, 3.63) is 11.8 Å². The molecule has 1 N–H and O–H groups in total. The first-order valence-electron chi connectivity index (χ1n) is 12.5. The summed E-state index contributed by atoms with van der Waals surface area (Å²) < 4.78 is 45.7. The van der Waals surface area contributed by atoms with E-state index in [-0.39, 0.29) is 34.9 Å². The molecule has 3 saturated carbocycles. The minimum atomic E-state index is -4.39. The Morgan fingerprint density at radius 1 is 1.10 bits per heavy atom. The van der Waals surface area contributed by atoms with Crippen molar-refractivity contribution in [3.63, 3.8) is 0 Å². The van der Waals surface area contributed by atoms with Crippen molar-refractivity contribution in [2.24, 2.45) is 46.3 Å². The monoisotopic (exact) mass is 442 g/mol. The summed E-state index contributed by atoms with van der Waals surface area (Å²) in [5, 5.41) is 10.6. The summed E-state index contributed by atoms with van der Waals surface area (Å²) in [4.78, 5) is 0. The second-order valence-corrected chi connectivity index (χ2v) is 12.1. The Balaban J connectivity index is 1.49. The molecule has 3 aliphatic carbocycles. The maximum absolute atomic E-state index is 13.4. The van der Waals surface area contributed by atoms with Gasteiger partial charge in [0.25, 0.3) is 0 Å². The highest BCUT2D eigenvalue weighted by molar-refractivity contribution is 5.16. The summed E-state index contributed by atoms with van der Waals surface area (Å²) in [6, 6.07) is 0. The number of hydrogen-bond acceptors (Lipinski definition) is 2. The van der Waals surface area contributed by atoms with Gasteiger partial charge in [0.05, 0.1) is 6.10 Å². The molecule has 178 valence electrons. The van der Waals surface area contributed by atoms with Crippen molar-refractivity contribution in [1.82, 2.24) is 0 Å². The van der Waals surface area contributed by atoms with Crippen LogP contribution in [0, 0.1) is 46.3 Å². The van der Waals surface area contributed by atoms with Gasteiger partial charge >= 0.3 is 6.18 Å². The molecule has 5 heteroatoms. The van der Waals surface area contributed by atoms with Crippen LogP contribution < -0.4 is 0 Å². The minimum Gasteiger partial charge on any atom is -0.486 e. The predicted octanol–water partition coefficient (Wildman–Crippen LogP) is 7.12. The van der Waals surface area contributed by atoms with E-state index < -0.39 is 11.9 Å². The summed E-state index contributed by atoms with van der Waals surface area (Å²) in [7, 11) is 0. The lowest BCUT2D eigenvalue weighted by Gasteiger charge is -2.49. The molecule has 1 aliphatic heterocycles. The Labute approximate surface area is 186 Å². The molecule has 1 heterocycles. The third-order valence-electron chi connectivity index (χ3n) is 10.1. The third-order valence-corrected chi connectivity index (χ3v) is 10.1. The first-order valence-corrected chi connectivity index (χ1v) is 12.5. The maximum Gasteiger partial charge on any atom is 0.448 e. The van der Waals surface area contributed by atoms with E-state index in [1.54, 1.807) is 0 Å². The number of hydrogen-bond donors (Lipinski definition) is 1. The van der Waals surface area contributed by atoms with Crippen molar-refractivity contribution in [2.45, 2.75) is 104 Å². The van der Waals surface area contributed by atoms with Gasteiger partial charge in [-0.05, 0) is 85.0 Å². The molecular formula is C26H41F3O2. The molecule has 31 heavy (non-hydrogen) atoms. The first kappa shape index (κ1) is 23.4. The molecule has 4 rings (SSSR count). The van der Waals surface area contributed by atoms with Crippen LogP contribution in [0.15, 0.2) is 11.8 Å². The van der Waals surface area contributed by atoms with Gasteiger partial charge in [0.1, 0.15) is 6.10 Å². The molecule has 0 saturated heterocycles. The highest BCUT2D eigenvalue weighted by Gasteiger charge is 2.60. The Hall–Kier alpha value is -0.710. The molecule has 9 atom stereocenters. The molecule has 2 nitrogen and oxygen atoms in total. The fourth-order valence-electron chi connectivity index (χ4n) is 8.50. The van der Waals surface area contributed by atoms with Crippen LogP contribution >= 0.6 is 0 Å². The van der Waals surface area contributed by atoms with Gasteiger partial charge in [0.15, 0.2) is 5.76 Å². The Morgan fingerprint density at radius 3 is 2.48 bits per heavy atom. The lowest BCUT2D eigenvalue weighted by Crippen LogP contribution is -2.45. The van der Waals surface area contributed by atoms with Gasteiger partial charge in [-0.15, -0.1) is 0 Å². The number of allylic oxidation sites excluding steroid dienone is 2. The van der Waals surface area contributed by atoms with E-state index in [0.29, 0.717) is 23.7 Å². The second-order valence-electron chi connectivity index (χ2n) is 12.1. The van der Waals surface area contributed by atoms with E-state index in [4.69, 9.17) is 4.74 Å². The normalized spacial score (nSPS) is 47.2. The van der Waals surface area contributed by atoms with Crippen molar-refractivity contribution >= 4 is 0 Å². The maximum atomic E-state index is 13.4. The standard InChI is InChI=1S/C26H41F3O2/c1-15-8-11-21(30)24(3,4)18(15)10-9-17-7-6-12-25(5)19(17)14-20-23(25)16(2)13-22(31-20)26(27,28)29/h13,15-21,23,30H,6-12,14H2,1-5H3/t15?,16-,17?,18?,19?,20?,21+,23?,25+/m1/s1. The van der Waals surface area contributed by atoms with E-state index in [2.05, 4.69) is 27.7 Å². The van der Waals surface area contributed by atoms with Gasteiger partial charge in [0.2, 0.25) is 0 Å². The number of halogens is 3. The molecule has 0 aromatic rings. The number of ether oxygens (including phenoxy) is 1. The van der Waals surface area contributed by atoms with Gasteiger partial charge in [-0.3, -0.25) is 0 Å². The van der Waals surface area contributed by atoms with Crippen LogP contribution in [0.1, 0.15) is 86.0 Å². The average molecular weight is 443 g/mol. The quantitative estimate of drug-likeness (QED) is 0.504. The topological polar surface area (TPSA) is 29.5 Å². The van der Waals surface area contributed by atoms with Gasteiger partial charge in [-0.25, -0.2) is 0 Å². The summed E-state index contributed by atoms with van der Waals surface area (Å²) in [5.74, 6) is 1.41. The number of rotatable bonds is 3. The van der Waals surface area contributed by atoms with Gasteiger partial charge < -0.3 is 9.84 Å². The largest absolute Gasteiger partial charge is 0.486 e. The van der Waals surface area contributed by atoms with Crippen molar-refractivity contribution in [3.8, 4) is 0 Å². The fourth-order valence-corrected chi connectivity index (χ4v) is 8.50. The molecular weight excluding hydrogens is 401 g/mol. The van der Waals surface area contributed by atoms with E-state index in [0.717, 1.165) is 44.9 Å². The zero-order valence-corrected chi connectivity index (χ0v) is 19.8. The summed E-state index contributed by atoms with van der Waals surface area (Å²) in [6.45, 7) is 11.0. The second kappa shape index (κ2) is 7.95. The highest BCUT2D eigenvalue weighted by atomic mass is 19.4. The summed E-state index contributed by atoms with van der Waals surface area (Å²) in [5.41, 5.74) is -0.00367. The minimum absolute atomic E-state index is 0.0633. The molecule has 0 radical (unpaired) electrons. The number of aliphatic hydroxyl groups excluding tert-OH is 1. The molecule has 0 aromatic heterocycles. The van der Waals surface area contributed by atoms with Gasteiger partial charge in [-0.1, -0.05) is 47.5 Å². The zero-order valence-electron chi connectivity index (χ0n) is 19.8. The smallest absolute Gasteiger partial charge is 0.448 e. The average Bonchev–Trinajstić information content (AvgIpc) is 2.97. The molecule has 0 aromatic carbocycles. The number of alkyl halides is 3. The zero-order chi connectivity index (χ0) is 22.8. The molecule has 0 bridgehead atoms. The summed E-state index contributed by atoms with van der Waals surface area (Å²) >= 11 is 0. The van der Waals surface area contributed by atoms with E-state index in [9.17, 15) is 18.3 Å². The van der Waals surface area contributed by atoms with Crippen LogP contribution in [-0.2, 0) is 4.74 Å². The van der Waals surface area contributed by atoms with Gasteiger partial charge in [-0.2, -0.15) is 13.2 Å². The number of fused-ring (bicyclic) bond motifs is 3. The highest BCUT2D eigenvalue weighted by Crippen LogP contribution is 2.63. The SMILES string of the molecule is CC1CC[C@H](O)C(C)(C)C1CCC1CCC[C@@]2(C)C1CC1OC(C(F)(F)F)=C[C@@H](C)C12. The first-order chi connectivity index (χ1) is 14.4. The van der Waals surface area contributed by atoms with Crippen LogP contribution in [0.25, 0.3) is 0 Å². The lowest BCUT2D eigenvalue weighted by molar-refractivity contribution is -0.153. The van der Waals surface area contributed by atoms with E-state index in [1.807, 2.05) is 6.92 Å². The number of aliphatic hydroxyl groups is 1. The Bertz CT molecular complexity index is 699. The van der Waals surface area contributed by atoms with E-state index >= 15 is 0 Å². The fraction of sp³-hybridized carbons (Fsp3) is 0.923. The van der Waals surface area contributed by atoms with Crippen molar-refractivity contribution in [1.29, 1.82) is 0 Å². The Morgan fingerprint density at radius 2 is 1.81 bits per heavy atom. The molecule has 3 fully saturated rings. The van der Waals surface area contributed by atoms with Crippen LogP contribution in [0.5, 0.6) is 0 Å². The van der Waals surface area contributed by atoms with Crippen LogP contribution in [0.2, 0.25) is 0 Å². The lowest BCUT2D eigenvalue weighted by atomic mass is 9.56. The molecule has 6 unspecified atom stereocenters. The van der Waals surface area contributed by atoms with Crippen LogP contribution in [0.3, 0.4) is 0 Å². The van der Waals surface area contributed by atoms with Gasteiger partial charge in [0, 0.05) is 5.92 Å². The molecule has 4 aliphatic rings. The Kier molecular flexibility index (Phi) is 6.02. The predicted molar refractivity (Wildman–Crippen MR) is 116 cm³/mol. The summed E-state index contributed by atoms with van der Waals surface area (Å²) in [6.07, 6.45) is 4.82. The van der Waals surface area contributed by atoms with Crippen molar-refractivity contribution < 1.29 is 23.0 Å². The van der Waals surface area contributed by atoms with Crippen LogP contribution in [-0.4, -0.2) is 23.5 Å². The van der Waals surface area contributed by atoms with E-state index in [1.165, 1.54) is 12.5 Å². The van der Waals surface area contributed by atoms with Crippen molar-refractivity contribution in [2.75, 3.05) is 0 Å². The molecule has 0 spiro atoms. The third kappa shape index (κ3) is 3.95. The molecule has 0 amide bonds. The van der Waals surface area contributed by atoms with Crippen LogP contribution in [0.4, 0.5) is 13.2 Å².